The fourth-order valence-corrected chi connectivity index (χ4v) is 3.86. The first-order chi connectivity index (χ1) is 10.3. The molecule has 0 radical (unpaired) electrons. The SMILES string of the molecule is Cn1cccc1C=CC(=O)N1CC[C@@H]2[C@H]1C(=O)N2S(=O)(=O)O.[H-].[Na+]. The molecule has 2 atom stereocenters. The summed E-state index contributed by atoms with van der Waals surface area (Å²) in [5.41, 5.74) is 0.837. The first-order valence-corrected chi connectivity index (χ1v) is 8.11. The first-order valence-electron chi connectivity index (χ1n) is 6.71. The monoisotopic (exact) mass is 349 g/mol. The topological polar surface area (TPSA) is 99.9 Å². The Morgan fingerprint density at radius 2 is 2.17 bits per heavy atom. The standard InChI is InChI=1S/C13H15N3O5S.Na.H/c1-14-7-2-3-9(14)4-5-11(17)15-8-6-10-12(15)13(18)16(10)22(19,20)21;;/h2-5,7,10,12H,6,8H2,1H3,(H,19,20,21);;/q;+1;-1/t10-,12+;;/m1../s1. The van der Waals surface area contributed by atoms with Gasteiger partial charge in [0.2, 0.25) is 5.91 Å². The molecule has 2 amide bonds. The van der Waals surface area contributed by atoms with E-state index in [9.17, 15) is 18.0 Å². The third-order valence-electron chi connectivity index (χ3n) is 4.05. The molecule has 0 aromatic carbocycles. The molecule has 23 heavy (non-hydrogen) atoms. The predicted molar refractivity (Wildman–Crippen MR) is 77.9 cm³/mol. The van der Waals surface area contributed by atoms with Gasteiger partial charge in [-0.25, -0.2) is 4.31 Å². The summed E-state index contributed by atoms with van der Waals surface area (Å²) in [6.07, 6.45) is 5.18. The van der Waals surface area contributed by atoms with Crippen LogP contribution in [0.3, 0.4) is 0 Å². The second-order valence-corrected chi connectivity index (χ2v) is 6.61. The van der Waals surface area contributed by atoms with Crippen LogP contribution < -0.4 is 29.6 Å². The summed E-state index contributed by atoms with van der Waals surface area (Å²) >= 11 is 0. The molecule has 3 heterocycles. The normalized spacial score (nSPS) is 23.7. The minimum Gasteiger partial charge on any atom is -1.00 e. The summed E-state index contributed by atoms with van der Waals surface area (Å²) in [6.45, 7) is 0.281. The van der Waals surface area contributed by atoms with E-state index < -0.39 is 28.3 Å². The average molecular weight is 349 g/mol. The number of carbonyl (C=O) groups is 2. The van der Waals surface area contributed by atoms with Crippen molar-refractivity contribution in [3.63, 3.8) is 0 Å². The molecule has 10 heteroatoms. The maximum atomic E-state index is 12.2. The van der Waals surface area contributed by atoms with Crippen LogP contribution in [0.1, 0.15) is 13.5 Å². The Morgan fingerprint density at radius 1 is 1.48 bits per heavy atom. The molecule has 1 aromatic rings. The zero-order valence-corrected chi connectivity index (χ0v) is 15.6. The van der Waals surface area contributed by atoms with E-state index in [1.165, 1.54) is 11.0 Å². The molecule has 1 N–H and O–H groups in total. The van der Waals surface area contributed by atoms with Crippen molar-refractivity contribution in [2.45, 2.75) is 18.5 Å². The molecule has 1 aromatic heterocycles. The van der Waals surface area contributed by atoms with E-state index in [4.69, 9.17) is 4.55 Å². The van der Waals surface area contributed by atoms with Gasteiger partial charge in [-0.3, -0.25) is 14.1 Å². The maximum Gasteiger partial charge on any atom is 1.00 e. The van der Waals surface area contributed by atoms with Gasteiger partial charge in [-0.05, 0) is 24.6 Å². The van der Waals surface area contributed by atoms with E-state index in [-0.39, 0.29) is 43.4 Å². The molecule has 2 aliphatic heterocycles. The number of hydrogen-bond donors (Lipinski definition) is 1. The zero-order chi connectivity index (χ0) is 16.1. The quantitative estimate of drug-likeness (QED) is 0.268. The van der Waals surface area contributed by atoms with Gasteiger partial charge < -0.3 is 10.9 Å². The summed E-state index contributed by atoms with van der Waals surface area (Å²) in [5, 5.41) is 0. The minimum absolute atomic E-state index is 0. The van der Waals surface area contributed by atoms with Gasteiger partial charge in [-0.15, -0.1) is 0 Å². The van der Waals surface area contributed by atoms with E-state index in [1.54, 1.807) is 6.08 Å². The molecule has 0 bridgehead atoms. The van der Waals surface area contributed by atoms with Gasteiger partial charge in [0.25, 0.3) is 5.91 Å². The number of likely N-dealkylation sites (tertiary alicyclic amines) is 1. The molecular weight excluding hydrogens is 333 g/mol. The van der Waals surface area contributed by atoms with Gasteiger partial charge >= 0.3 is 39.9 Å². The number of nitrogens with zero attached hydrogens (tertiary/aromatic N) is 3. The van der Waals surface area contributed by atoms with Crippen LogP contribution in [0.25, 0.3) is 6.08 Å². The van der Waals surface area contributed by atoms with Gasteiger partial charge in [-0.2, -0.15) is 8.42 Å². The molecule has 0 spiro atoms. The molecule has 2 aliphatic rings. The van der Waals surface area contributed by atoms with Crippen molar-refractivity contribution in [2.75, 3.05) is 6.54 Å². The molecule has 0 unspecified atom stereocenters. The number of aromatic nitrogens is 1. The smallest absolute Gasteiger partial charge is 1.00 e. The van der Waals surface area contributed by atoms with E-state index in [0.717, 1.165) is 5.69 Å². The Balaban J connectivity index is 0.00000144. The first kappa shape index (κ1) is 18.2. The van der Waals surface area contributed by atoms with Crippen LogP contribution in [-0.2, 0) is 26.9 Å². The number of rotatable bonds is 3. The van der Waals surface area contributed by atoms with Crippen molar-refractivity contribution < 1.29 is 53.5 Å². The van der Waals surface area contributed by atoms with Crippen molar-refractivity contribution in [1.82, 2.24) is 13.8 Å². The van der Waals surface area contributed by atoms with Crippen LogP contribution in [0.4, 0.5) is 0 Å². The third kappa shape index (κ3) is 3.11. The molecule has 2 fully saturated rings. The van der Waals surface area contributed by atoms with Crippen molar-refractivity contribution >= 4 is 28.2 Å². The summed E-state index contributed by atoms with van der Waals surface area (Å²) < 4.78 is 33.5. The Kier molecular flexibility index (Phi) is 5.07. The average Bonchev–Trinajstić information content (AvgIpc) is 2.98. The number of β-lactam (4-membered cyclic amide) rings is 1. The van der Waals surface area contributed by atoms with Crippen LogP contribution in [-0.4, -0.2) is 57.2 Å². The Labute approximate surface area is 157 Å². The van der Waals surface area contributed by atoms with Crippen molar-refractivity contribution in [2.24, 2.45) is 7.05 Å². The Hall–Kier alpha value is -1.13. The van der Waals surface area contributed by atoms with Gasteiger partial charge in [0.05, 0.1) is 6.04 Å². The van der Waals surface area contributed by atoms with Crippen molar-refractivity contribution in [3.05, 3.63) is 30.1 Å². The summed E-state index contributed by atoms with van der Waals surface area (Å²) in [4.78, 5) is 25.4. The minimum atomic E-state index is -4.55. The Bertz CT molecular complexity index is 778. The van der Waals surface area contributed by atoms with Gasteiger partial charge in [-0.1, -0.05) is 0 Å². The molecule has 2 saturated heterocycles. The van der Waals surface area contributed by atoms with Crippen molar-refractivity contribution in [1.29, 1.82) is 0 Å². The number of hydrogen-bond acceptors (Lipinski definition) is 4. The number of aryl methyl sites for hydroxylation is 1. The van der Waals surface area contributed by atoms with Gasteiger partial charge in [0.15, 0.2) is 0 Å². The molecule has 8 nitrogen and oxygen atoms in total. The van der Waals surface area contributed by atoms with Crippen LogP contribution in [0.2, 0.25) is 0 Å². The fraction of sp³-hybridized carbons (Fsp3) is 0.385. The fourth-order valence-electron chi connectivity index (χ4n) is 2.96. The van der Waals surface area contributed by atoms with Crippen LogP contribution in [0.15, 0.2) is 24.4 Å². The number of carbonyl (C=O) groups excluding carboxylic acids is 2. The Morgan fingerprint density at radius 3 is 2.74 bits per heavy atom. The summed E-state index contributed by atoms with van der Waals surface area (Å²) in [5.74, 6) is -1.11. The summed E-state index contributed by atoms with van der Waals surface area (Å²) in [7, 11) is -2.70. The number of amides is 2. The third-order valence-corrected chi connectivity index (χ3v) is 5.00. The van der Waals surface area contributed by atoms with E-state index >= 15 is 0 Å². The maximum absolute atomic E-state index is 12.2. The van der Waals surface area contributed by atoms with Crippen LogP contribution in [0, 0.1) is 0 Å². The van der Waals surface area contributed by atoms with Gasteiger partial charge in [0, 0.05) is 31.6 Å². The second-order valence-electron chi connectivity index (χ2n) is 5.32. The predicted octanol–water partition coefficient (Wildman–Crippen LogP) is -3.23. The van der Waals surface area contributed by atoms with Crippen LogP contribution >= 0.6 is 0 Å². The van der Waals surface area contributed by atoms with E-state index in [0.29, 0.717) is 10.7 Å². The molecule has 0 saturated carbocycles. The van der Waals surface area contributed by atoms with Crippen molar-refractivity contribution in [3.8, 4) is 0 Å². The number of fused-ring (bicyclic) bond motifs is 1. The van der Waals surface area contributed by atoms with E-state index in [1.807, 2.05) is 29.9 Å². The largest absolute Gasteiger partial charge is 1.00 e. The zero-order valence-electron chi connectivity index (χ0n) is 13.8. The van der Waals surface area contributed by atoms with Gasteiger partial charge in [0.1, 0.15) is 6.04 Å². The van der Waals surface area contributed by atoms with E-state index in [2.05, 4.69) is 0 Å². The molecular formula is C13H16N3NaO5S. The van der Waals surface area contributed by atoms with Crippen LogP contribution in [0.5, 0.6) is 0 Å². The second kappa shape index (κ2) is 6.40. The summed E-state index contributed by atoms with van der Waals surface area (Å²) in [6, 6.07) is 2.23. The molecule has 0 aliphatic carbocycles. The molecule has 3 rings (SSSR count). The molecule has 120 valence electrons.